The van der Waals surface area contributed by atoms with E-state index in [0.717, 1.165) is 10.9 Å². The lowest BCUT2D eigenvalue weighted by molar-refractivity contribution is -0.135. The van der Waals surface area contributed by atoms with Crippen molar-refractivity contribution in [1.29, 1.82) is 5.26 Å². The van der Waals surface area contributed by atoms with Gasteiger partial charge >= 0.3 is 5.97 Å². The Hall–Kier alpha value is -1.54. The first kappa shape index (κ1) is 14.5. The normalized spacial score (nSPS) is 11.7. The smallest absolute Gasteiger partial charge is 0.323 e. The van der Waals surface area contributed by atoms with Crippen LogP contribution in [0, 0.1) is 11.3 Å². The largest absolute Gasteiger partial charge is 0.480 e. The molecule has 0 radical (unpaired) electrons. The molecule has 0 fully saturated rings. The number of benzene rings is 1. The zero-order valence-corrected chi connectivity index (χ0v) is 11.9. The molecule has 1 aromatic rings. The Kier molecular flexibility index (Phi) is 5.17. The lowest BCUT2D eigenvalue weighted by atomic mass is 10.1. The Morgan fingerprint density at radius 1 is 1.61 bits per heavy atom. The average molecular weight is 311 g/mol. The van der Waals surface area contributed by atoms with Crippen LogP contribution in [0.5, 0.6) is 0 Å². The number of carboxylic acids is 1. The highest BCUT2D eigenvalue weighted by molar-refractivity contribution is 9.10. The predicted octanol–water partition coefficient (Wildman–Crippen LogP) is 3.01. The fourth-order valence-electron chi connectivity index (χ4n) is 1.68. The molecule has 4 nitrogen and oxygen atoms in total. The summed E-state index contributed by atoms with van der Waals surface area (Å²) in [5.41, 5.74) is 1.14. The predicted molar refractivity (Wildman–Crippen MR) is 73.6 cm³/mol. The van der Waals surface area contributed by atoms with Crippen LogP contribution in [0.2, 0.25) is 0 Å². The summed E-state index contributed by atoms with van der Waals surface area (Å²) < 4.78 is 0.829. The van der Waals surface area contributed by atoms with Crippen molar-refractivity contribution in [2.24, 2.45) is 0 Å². The number of rotatable bonds is 5. The molecule has 1 atom stereocenters. The molecule has 5 heteroatoms. The SMILES string of the molecule is CCC(C)N(CC(=O)O)c1cc(Br)ccc1C#N. The number of anilines is 1. The van der Waals surface area contributed by atoms with Crippen molar-refractivity contribution >= 4 is 27.6 Å². The lowest BCUT2D eigenvalue weighted by Crippen LogP contribution is -2.37. The zero-order valence-electron chi connectivity index (χ0n) is 10.4. The molecule has 0 aliphatic heterocycles. The fourth-order valence-corrected chi connectivity index (χ4v) is 2.03. The van der Waals surface area contributed by atoms with Gasteiger partial charge in [0.2, 0.25) is 0 Å². The third kappa shape index (κ3) is 3.47. The van der Waals surface area contributed by atoms with E-state index in [1.54, 1.807) is 23.1 Å². The van der Waals surface area contributed by atoms with E-state index in [-0.39, 0.29) is 12.6 Å². The number of carbonyl (C=O) groups is 1. The van der Waals surface area contributed by atoms with Crippen molar-refractivity contribution in [3.8, 4) is 6.07 Å². The van der Waals surface area contributed by atoms with Crippen LogP contribution < -0.4 is 4.90 Å². The van der Waals surface area contributed by atoms with E-state index in [1.165, 1.54) is 0 Å². The first-order valence-corrected chi connectivity index (χ1v) is 6.47. The second-order valence-electron chi connectivity index (χ2n) is 4.05. The van der Waals surface area contributed by atoms with Gasteiger partial charge in [-0.05, 0) is 31.5 Å². The van der Waals surface area contributed by atoms with Gasteiger partial charge < -0.3 is 10.0 Å². The van der Waals surface area contributed by atoms with E-state index in [4.69, 9.17) is 10.4 Å². The summed E-state index contributed by atoms with van der Waals surface area (Å²) in [6.45, 7) is 3.83. The standard InChI is InChI=1S/C13H15BrN2O2/c1-3-9(2)16(8-13(17)18)12-6-11(14)5-4-10(12)7-15/h4-6,9H,3,8H2,1-2H3,(H,17,18). The first-order valence-electron chi connectivity index (χ1n) is 5.67. The van der Waals surface area contributed by atoms with Gasteiger partial charge in [0.25, 0.3) is 0 Å². The van der Waals surface area contributed by atoms with Crippen molar-refractivity contribution in [3.63, 3.8) is 0 Å². The Morgan fingerprint density at radius 2 is 2.28 bits per heavy atom. The molecule has 18 heavy (non-hydrogen) atoms. The van der Waals surface area contributed by atoms with Gasteiger partial charge in [0, 0.05) is 10.5 Å². The number of aliphatic carboxylic acids is 1. The third-order valence-corrected chi connectivity index (χ3v) is 3.31. The molecule has 0 saturated heterocycles. The summed E-state index contributed by atoms with van der Waals surface area (Å²) in [6, 6.07) is 7.41. The highest BCUT2D eigenvalue weighted by atomic mass is 79.9. The Labute approximate surface area is 115 Å². The zero-order chi connectivity index (χ0) is 13.7. The summed E-state index contributed by atoms with van der Waals surface area (Å²) in [6.07, 6.45) is 0.810. The molecule has 0 aliphatic rings. The van der Waals surface area contributed by atoms with Crippen molar-refractivity contribution < 1.29 is 9.90 Å². The molecule has 0 amide bonds. The third-order valence-electron chi connectivity index (χ3n) is 2.82. The molecule has 1 unspecified atom stereocenters. The van der Waals surface area contributed by atoms with Crippen LogP contribution >= 0.6 is 15.9 Å². The summed E-state index contributed by atoms with van der Waals surface area (Å²) in [4.78, 5) is 12.7. The molecule has 0 aliphatic carbocycles. The van der Waals surface area contributed by atoms with Crippen LogP contribution in [0.1, 0.15) is 25.8 Å². The fraction of sp³-hybridized carbons (Fsp3) is 0.385. The summed E-state index contributed by atoms with van der Waals surface area (Å²) in [5, 5.41) is 18.1. The number of nitriles is 1. The van der Waals surface area contributed by atoms with Gasteiger partial charge in [-0.1, -0.05) is 22.9 Å². The van der Waals surface area contributed by atoms with Gasteiger partial charge in [-0.2, -0.15) is 5.26 Å². The van der Waals surface area contributed by atoms with Crippen LogP contribution in [0.15, 0.2) is 22.7 Å². The van der Waals surface area contributed by atoms with Crippen molar-refractivity contribution in [1.82, 2.24) is 0 Å². The number of nitrogens with zero attached hydrogens (tertiary/aromatic N) is 2. The second kappa shape index (κ2) is 6.41. The minimum Gasteiger partial charge on any atom is -0.480 e. The van der Waals surface area contributed by atoms with Crippen LogP contribution in [0.25, 0.3) is 0 Å². The molecule has 0 spiro atoms. The number of carboxylic acid groups (broad SMARTS) is 1. The summed E-state index contributed by atoms with van der Waals surface area (Å²) >= 11 is 3.35. The maximum atomic E-state index is 11.0. The van der Waals surface area contributed by atoms with E-state index in [1.807, 2.05) is 13.8 Å². The van der Waals surface area contributed by atoms with E-state index in [2.05, 4.69) is 22.0 Å². The number of hydrogen-bond donors (Lipinski definition) is 1. The second-order valence-corrected chi connectivity index (χ2v) is 4.97. The molecule has 0 saturated carbocycles. The van der Waals surface area contributed by atoms with E-state index in [0.29, 0.717) is 11.3 Å². The monoisotopic (exact) mass is 310 g/mol. The lowest BCUT2D eigenvalue weighted by Gasteiger charge is -2.30. The average Bonchev–Trinajstić information content (AvgIpc) is 2.34. The molecule has 96 valence electrons. The molecule has 1 rings (SSSR count). The molecular formula is C13H15BrN2O2. The van der Waals surface area contributed by atoms with Crippen LogP contribution in [0.3, 0.4) is 0 Å². The van der Waals surface area contributed by atoms with Crippen LogP contribution in [0.4, 0.5) is 5.69 Å². The topological polar surface area (TPSA) is 64.3 Å². The number of hydrogen-bond acceptors (Lipinski definition) is 3. The van der Waals surface area contributed by atoms with Crippen molar-refractivity contribution in [2.45, 2.75) is 26.3 Å². The molecule has 1 aromatic carbocycles. The molecule has 0 heterocycles. The molecule has 0 aromatic heterocycles. The molecular weight excluding hydrogens is 296 g/mol. The van der Waals surface area contributed by atoms with Gasteiger partial charge in [0.1, 0.15) is 12.6 Å². The minimum absolute atomic E-state index is 0.0579. The first-order chi connectivity index (χ1) is 8.49. The van der Waals surface area contributed by atoms with E-state index in [9.17, 15) is 4.79 Å². The van der Waals surface area contributed by atoms with Crippen LogP contribution in [-0.4, -0.2) is 23.7 Å². The van der Waals surface area contributed by atoms with Crippen LogP contribution in [-0.2, 0) is 4.79 Å². The quantitative estimate of drug-likeness (QED) is 0.908. The Balaban J connectivity index is 3.23. The van der Waals surface area contributed by atoms with Gasteiger partial charge in [0.05, 0.1) is 11.3 Å². The van der Waals surface area contributed by atoms with Crippen molar-refractivity contribution in [2.75, 3.05) is 11.4 Å². The minimum atomic E-state index is -0.904. The van der Waals surface area contributed by atoms with Gasteiger partial charge in [-0.3, -0.25) is 4.79 Å². The number of halogens is 1. The van der Waals surface area contributed by atoms with Gasteiger partial charge in [-0.15, -0.1) is 0 Å². The Bertz CT molecular complexity index is 482. The van der Waals surface area contributed by atoms with E-state index >= 15 is 0 Å². The highest BCUT2D eigenvalue weighted by Crippen LogP contribution is 2.27. The van der Waals surface area contributed by atoms with Crippen molar-refractivity contribution in [3.05, 3.63) is 28.2 Å². The van der Waals surface area contributed by atoms with Gasteiger partial charge in [-0.25, -0.2) is 0 Å². The maximum absolute atomic E-state index is 11.0. The Morgan fingerprint density at radius 3 is 2.78 bits per heavy atom. The molecule has 0 bridgehead atoms. The highest BCUT2D eigenvalue weighted by Gasteiger charge is 2.19. The molecule has 1 N–H and O–H groups in total. The van der Waals surface area contributed by atoms with E-state index < -0.39 is 5.97 Å². The summed E-state index contributed by atoms with van der Waals surface area (Å²) in [5.74, 6) is -0.904. The maximum Gasteiger partial charge on any atom is 0.323 e. The summed E-state index contributed by atoms with van der Waals surface area (Å²) in [7, 11) is 0. The van der Waals surface area contributed by atoms with Gasteiger partial charge in [0.15, 0.2) is 0 Å².